The lowest BCUT2D eigenvalue weighted by Gasteiger charge is -2.42. The van der Waals surface area contributed by atoms with Gasteiger partial charge in [-0.1, -0.05) is 47.9 Å². The fourth-order valence-electron chi connectivity index (χ4n) is 3.11. The molecular weight excluding hydrogens is 294 g/mol. The molecule has 1 N–H and O–H groups in total. The minimum Gasteiger partial charge on any atom is -0.351 e. The van der Waals surface area contributed by atoms with Crippen molar-refractivity contribution in [1.82, 2.24) is 5.32 Å². The van der Waals surface area contributed by atoms with E-state index in [1.54, 1.807) is 0 Å². The number of hydrogen-bond donors (Lipinski definition) is 1. The lowest BCUT2D eigenvalue weighted by atomic mass is 9.64. The van der Waals surface area contributed by atoms with Gasteiger partial charge in [-0.25, -0.2) is 0 Å². The van der Waals surface area contributed by atoms with E-state index in [0.29, 0.717) is 6.54 Å². The largest absolute Gasteiger partial charge is 0.351 e. The van der Waals surface area contributed by atoms with Crippen molar-refractivity contribution in [2.75, 3.05) is 6.54 Å². The standard InChI is InChI=1S/C19H20ClNO/c1-14-4-2-5-15(12-14)18(22)21-13-19(10-3-11-19)16-6-8-17(20)9-7-16/h2,4-9,12H,3,10-11,13H2,1H3,(H,21,22). The van der Waals surface area contributed by atoms with Crippen molar-refractivity contribution in [3.8, 4) is 0 Å². The lowest BCUT2D eigenvalue weighted by Crippen LogP contribution is -2.45. The monoisotopic (exact) mass is 313 g/mol. The van der Waals surface area contributed by atoms with Crippen molar-refractivity contribution in [3.63, 3.8) is 0 Å². The Labute approximate surface area is 136 Å². The molecular formula is C19H20ClNO. The Kier molecular flexibility index (Phi) is 4.21. The minimum absolute atomic E-state index is 0.00365. The number of amides is 1. The Bertz CT molecular complexity index is 674. The summed E-state index contributed by atoms with van der Waals surface area (Å²) in [6, 6.07) is 15.7. The average molecular weight is 314 g/mol. The predicted molar refractivity (Wildman–Crippen MR) is 90.5 cm³/mol. The van der Waals surface area contributed by atoms with Gasteiger partial charge in [-0.05, 0) is 49.6 Å². The molecule has 1 amide bonds. The van der Waals surface area contributed by atoms with E-state index in [-0.39, 0.29) is 11.3 Å². The molecule has 3 rings (SSSR count). The molecule has 0 atom stereocenters. The summed E-state index contributed by atoms with van der Waals surface area (Å²) in [6.45, 7) is 2.68. The average Bonchev–Trinajstić information content (AvgIpc) is 2.47. The zero-order valence-electron chi connectivity index (χ0n) is 12.7. The molecule has 0 aliphatic heterocycles. The van der Waals surface area contributed by atoms with Gasteiger partial charge < -0.3 is 5.32 Å². The Morgan fingerprint density at radius 3 is 2.50 bits per heavy atom. The third-order valence-electron chi connectivity index (χ3n) is 4.63. The molecule has 2 aromatic carbocycles. The van der Waals surface area contributed by atoms with Crippen LogP contribution in [0.4, 0.5) is 0 Å². The van der Waals surface area contributed by atoms with Gasteiger partial charge in [0.15, 0.2) is 0 Å². The van der Waals surface area contributed by atoms with Crippen LogP contribution >= 0.6 is 11.6 Å². The molecule has 0 spiro atoms. The van der Waals surface area contributed by atoms with Gasteiger partial charge in [0.2, 0.25) is 0 Å². The maximum atomic E-state index is 12.3. The Morgan fingerprint density at radius 1 is 1.18 bits per heavy atom. The first-order chi connectivity index (χ1) is 10.6. The lowest BCUT2D eigenvalue weighted by molar-refractivity contribution is 0.0928. The molecule has 0 bridgehead atoms. The van der Waals surface area contributed by atoms with Crippen LogP contribution in [0.1, 0.15) is 40.7 Å². The van der Waals surface area contributed by atoms with Crippen molar-refractivity contribution in [2.24, 2.45) is 0 Å². The van der Waals surface area contributed by atoms with Crippen LogP contribution in [-0.4, -0.2) is 12.5 Å². The zero-order chi connectivity index (χ0) is 15.6. The molecule has 2 aromatic rings. The summed E-state index contributed by atoms with van der Waals surface area (Å²) in [5.41, 5.74) is 3.17. The number of hydrogen-bond acceptors (Lipinski definition) is 1. The summed E-state index contributed by atoms with van der Waals surface area (Å²) in [6.07, 6.45) is 3.44. The number of rotatable bonds is 4. The number of carbonyl (C=O) groups excluding carboxylic acids is 1. The summed E-state index contributed by atoms with van der Waals surface area (Å²) >= 11 is 5.98. The maximum Gasteiger partial charge on any atom is 0.251 e. The van der Waals surface area contributed by atoms with Crippen LogP contribution in [0.25, 0.3) is 0 Å². The van der Waals surface area contributed by atoms with Crippen molar-refractivity contribution in [1.29, 1.82) is 0 Å². The molecule has 1 aliphatic rings. The smallest absolute Gasteiger partial charge is 0.251 e. The van der Waals surface area contributed by atoms with Gasteiger partial charge in [-0.3, -0.25) is 4.79 Å². The Hall–Kier alpha value is -1.80. The van der Waals surface area contributed by atoms with Crippen LogP contribution < -0.4 is 5.32 Å². The van der Waals surface area contributed by atoms with E-state index < -0.39 is 0 Å². The highest BCUT2D eigenvalue weighted by atomic mass is 35.5. The van der Waals surface area contributed by atoms with Crippen LogP contribution in [0.5, 0.6) is 0 Å². The van der Waals surface area contributed by atoms with Crippen molar-refractivity contribution >= 4 is 17.5 Å². The van der Waals surface area contributed by atoms with Gasteiger partial charge in [-0.15, -0.1) is 0 Å². The predicted octanol–water partition coefficient (Wildman–Crippen LogP) is 4.50. The summed E-state index contributed by atoms with van der Waals surface area (Å²) in [7, 11) is 0. The van der Waals surface area contributed by atoms with Gasteiger partial charge in [0.05, 0.1) is 0 Å². The second kappa shape index (κ2) is 6.13. The van der Waals surface area contributed by atoms with Gasteiger partial charge in [-0.2, -0.15) is 0 Å². The van der Waals surface area contributed by atoms with Crippen LogP contribution in [0.2, 0.25) is 5.02 Å². The molecule has 1 fully saturated rings. The van der Waals surface area contributed by atoms with Crippen LogP contribution in [0.3, 0.4) is 0 Å². The third-order valence-corrected chi connectivity index (χ3v) is 4.89. The molecule has 3 heteroatoms. The molecule has 0 radical (unpaired) electrons. The summed E-state index contributed by atoms with van der Waals surface area (Å²) in [4.78, 5) is 12.3. The first-order valence-corrected chi connectivity index (χ1v) is 8.08. The van der Waals surface area contributed by atoms with E-state index in [2.05, 4.69) is 17.4 Å². The first-order valence-electron chi connectivity index (χ1n) is 7.70. The van der Waals surface area contributed by atoms with E-state index in [0.717, 1.165) is 29.0 Å². The minimum atomic E-state index is 0.00365. The Morgan fingerprint density at radius 2 is 1.91 bits per heavy atom. The third kappa shape index (κ3) is 3.02. The fraction of sp³-hybridized carbons (Fsp3) is 0.316. The van der Waals surface area contributed by atoms with Crippen molar-refractivity contribution < 1.29 is 4.79 Å². The van der Waals surface area contributed by atoms with E-state index in [1.165, 1.54) is 12.0 Å². The highest BCUT2D eigenvalue weighted by molar-refractivity contribution is 6.30. The molecule has 0 heterocycles. The molecule has 1 aliphatic carbocycles. The molecule has 114 valence electrons. The summed E-state index contributed by atoms with van der Waals surface area (Å²) in [5, 5.41) is 3.86. The van der Waals surface area contributed by atoms with E-state index in [1.807, 2.05) is 43.3 Å². The quantitative estimate of drug-likeness (QED) is 0.884. The second-order valence-corrected chi connectivity index (χ2v) is 6.63. The highest BCUT2D eigenvalue weighted by Gasteiger charge is 2.38. The maximum absolute atomic E-state index is 12.3. The van der Waals surface area contributed by atoms with Crippen LogP contribution in [0, 0.1) is 6.92 Å². The topological polar surface area (TPSA) is 29.1 Å². The second-order valence-electron chi connectivity index (χ2n) is 6.19. The normalized spacial score (nSPS) is 15.9. The van der Waals surface area contributed by atoms with E-state index >= 15 is 0 Å². The first kappa shape index (κ1) is 15.1. The van der Waals surface area contributed by atoms with Crippen LogP contribution in [0.15, 0.2) is 48.5 Å². The molecule has 1 saturated carbocycles. The van der Waals surface area contributed by atoms with Crippen molar-refractivity contribution in [2.45, 2.75) is 31.6 Å². The number of carbonyl (C=O) groups is 1. The summed E-state index contributed by atoms with van der Waals surface area (Å²) in [5.74, 6) is 0.00365. The number of aryl methyl sites for hydroxylation is 1. The molecule has 0 saturated heterocycles. The van der Waals surface area contributed by atoms with Gasteiger partial charge in [0.25, 0.3) is 5.91 Å². The molecule has 0 unspecified atom stereocenters. The highest BCUT2D eigenvalue weighted by Crippen LogP contribution is 2.43. The van der Waals surface area contributed by atoms with E-state index in [9.17, 15) is 4.79 Å². The SMILES string of the molecule is Cc1cccc(C(=O)NCC2(c3ccc(Cl)cc3)CCC2)c1. The van der Waals surface area contributed by atoms with Gasteiger partial charge in [0, 0.05) is 22.5 Å². The zero-order valence-corrected chi connectivity index (χ0v) is 13.5. The fourth-order valence-corrected chi connectivity index (χ4v) is 3.24. The van der Waals surface area contributed by atoms with Crippen LogP contribution in [-0.2, 0) is 5.41 Å². The number of nitrogens with one attached hydrogen (secondary N) is 1. The van der Waals surface area contributed by atoms with Crippen molar-refractivity contribution in [3.05, 3.63) is 70.2 Å². The van der Waals surface area contributed by atoms with Gasteiger partial charge in [0.1, 0.15) is 0 Å². The molecule has 2 nitrogen and oxygen atoms in total. The van der Waals surface area contributed by atoms with E-state index in [4.69, 9.17) is 11.6 Å². The van der Waals surface area contributed by atoms with Gasteiger partial charge >= 0.3 is 0 Å². The summed E-state index contributed by atoms with van der Waals surface area (Å²) < 4.78 is 0. The molecule has 0 aromatic heterocycles. The molecule has 22 heavy (non-hydrogen) atoms. The number of benzene rings is 2. The number of halogens is 1. The Balaban J connectivity index is 1.71.